The van der Waals surface area contributed by atoms with E-state index >= 15 is 0 Å². The van der Waals surface area contributed by atoms with Crippen molar-refractivity contribution in [1.29, 1.82) is 10.8 Å². The first-order valence-corrected chi connectivity index (χ1v) is 11.6. The van der Waals surface area contributed by atoms with Crippen LogP contribution in [0.25, 0.3) is 0 Å². The molecule has 0 spiro atoms. The molecule has 1 fully saturated rings. The number of para-hydroxylation sites is 1. The van der Waals surface area contributed by atoms with Crippen molar-refractivity contribution >= 4 is 34.9 Å². The number of amides is 1. The van der Waals surface area contributed by atoms with Crippen LogP contribution >= 0.6 is 0 Å². The van der Waals surface area contributed by atoms with E-state index in [1.165, 1.54) is 12.8 Å². The maximum absolute atomic E-state index is 12.9. The van der Waals surface area contributed by atoms with Crippen molar-refractivity contribution in [3.8, 4) is 0 Å². The van der Waals surface area contributed by atoms with Crippen LogP contribution in [0.2, 0.25) is 0 Å². The molecular weight excluding hydrogens is 440 g/mol. The lowest BCUT2D eigenvalue weighted by Gasteiger charge is -2.18. The van der Waals surface area contributed by atoms with Crippen LogP contribution in [0.4, 0.5) is 11.4 Å². The second kappa shape index (κ2) is 9.80. The second-order valence-electron chi connectivity index (χ2n) is 8.43. The molecule has 5 rings (SSSR count). The summed E-state index contributed by atoms with van der Waals surface area (Å²) in [6.45, 7) is 2.08. The number of amidine groups is 1. The summed E-state index contributed by atoms with van der Waals surface area (Å²) in [4.78, 5) is 19.9. The average molecular weight is 467 g/mol. The minimum absolute atomic E-state index is 0.181. The standard InChI is InChI=1S/C27H26N6O2/c28-24(19-12-14-20(15-13-19)33-16-6-7-17-33)35-27(29)32-25-26(34)30-22-11-5-4-10-21(22)23(31-25)18-8-2-1-3-9-18/h1-5,8-15,25,28H,6-7,16-17H2,(H2,29,32)(H,30,34). The molecule has 176 valence electrons. The molecule has 1 atom stereocenters. The number of rotatable bonds is 4. The van der Waals surface area contributed by atoms with Gasteiger partial charge in [-0.15, -0.1) is 0 Å². The summed E-state index contributed by atoms with van der Waals surface area (Å²) in [5, 5.41) is 22.1. The summed E-state index contributed by atoms with van der Waals surface area (Å²) in [7, 11) is 0. The fraction of sp³-hybridized carbons (Fsp3) is 0.185. The van der Waals surface area contributed by atoms with E-state index in [4.69, 9.17) is 15.6 Å². The minimum Gasteiger partial charge on any atom is -0.407 e. The SMILES string of the molecule is N=C(NC1N=C(c2ccccc2)c2ccccc2NC1=O)OC(=N)c1ccc(N2CCCC2)cc1. The van der Waals surface area contributed by atoms with Gasteiger partial charge in [-0.25, -0.2) is 4.99 Å². The summed E-state index contributed by atoms with van der Waals surface area (Å²) in [5.41, 5.74) is 4.56. The molecule has 3 aromatic carbocycles. The number of benzene rings is 3. The largest absolute Gasteiger partial charge is 0.407 e. The molecule has 2 aliphatic heterocycles. The monoisotopic (exact) mass is 466 g/mol. The van der Waals surface area contributed by atoms with Gasteiger partial charge in [0.25, 0.3) is 11.9 Å². The molecule has 2 aliphatic rings. The topological polar surface area (TPSA) is 114 Å². The Hall–Kier alpha value is -4.46. The number of aliphatic imine (C=N–C) groups is 1. The third-order valence-electron chi connectivity index (χ3n) is 6.07. The molecular formula is C27H26N6O2. The maximum Gasteiger partial charge on any atom is 0.290 e. The number of benzodiazepines with no additional fused rings is 1. The van der Waals surface area contributed by atoms with E-state index in [9.17, 15) is 4.79 Å². The Kier molecular flexibility index (Phi) is 6.26. The van der Waals surface area contributed by atoms with Gasteiger partial charge >= 0.3 is 0 Å². The van der Waals surface area contributed by atoms with Gasteiger partial charge < -0.3 is 20.3 Å². The number of nitrogens with one attached hydrogen (secondary N) is 4. The fourth-order valence-electron chi connectivity index (χ4n) is 4.29. The van der Waals surface area contributed by atoms with Crippen LogP contribution in [0, 0.1) is 10.8 Å². The third-order valence-corrected chi connectivity index (χ3v) is 6.07. The molecule has 0 bridgehead atoms. The number of nitrogens with zero attached hydrogens (tertiary/aromatic N) is 2. The zero-order chi connectivity index (χ0) is 24.2. The van der Waals surface area contributed by atoms with Crippen LogP contribution in [0.3, 0.4) is 0 Å². The first-order chi connectivity index (χ1) is 17.1. The Labute approximate surface area is 203 Å². The van der Waals surface area contributed by atoms with Gasteiger partial charge in [-0.3, -0.25) is 15.6 Å². The second-order valence-corrected chi connectivity index (χ2v) is 8.43. The van der Waals surface area contributed by atoms with Crippen molar-refractivity contribution in [1.82, 2.24) is 5.32 Å². The average Bonchev–Trinajstić information content (AvgIpc) is 3.38. The number of hydrogen-bond donors (Lipinski definition) is 4. The summed E-state index contributed by atoms with van der Waals surface area (Å²) in [6.07, 6.45) is 1.28. The summed E-state index contributed by atoms with van der Waals surface area (Å²) in [5.74, 6) is -0.599. The van der Waals surface area contributed by atoms with Crippen molar-refractivity contribution in [3.63, 3.8) is 0 Å². The molecule has 3 aromatic rings. The van der Waals surface area contributed by atoms with Crippen molar-refractivity contribution in [2.24, 2.45) is 4.99 Å². The molecule has 1 saturated heterocycles. The predicted molar refractivity (Wildman–Crippen MR) is 138 cm³/mol. The molecule has 8 heteroatoms. The molecule has 1 unspecified atom stereocenters. The Bertz CT molecular complexity index is 1280. The lowest BCUT2D eigenvalue weighted by Crippen LogP contribution is -2.43. The number of ether oxygens (including phenoxy) is 1. The van der Waals surface area contributed by atoms with Gasteiger partial charge in [0, 0.05) is 35.5 Å². The van der Waals surface area contributed by atoms with E-state index < -0.39 is 18.1 Å². The number of carbonyl (C=O) groups is 1. The van der Waals surface area contributed by atoms with Crippen LogP contribution in [0.1, 0.15) is 29.5 Å². The van der Waals surface area contributed by atoms with E-state index in [0.29, 0.717) is 17.0 Å². The van der Waals surface area contributed by atoms with E-state index in [-0.39, 0.29) is 5.90 Å². The zero-order valence-electron chi connectivity index (χ0n) is 19.1. The highest BCUT2D eigenvalue weighted by molar-refractivity contribution is 6.19. The highest BCUT2D eigenvalue weighted by Crippen LogP contribution is 2.24. The van der Waals surface area contributed by atoms with E-state index in [1.807, 2.05) is 78.9 Å². The number of fused-ring (bicyclic) bond motifs is 1. The molecule has 8 nitrogen and oxygen atoms in total. The molecule has 2 heterocycles. The smallest absolute Gasteiger partial charge is 0.290 e. The normalized spacial score (nSPS) is 17.0. The number of hydrogen-bond acceptors (Lipinski definition) is 6. The molecule has 0 saturated carbocycles. The van der Waals surface area contributed by atoms with E-state index in [1.54, 1.807) is 0 Å². The highest BCUT2D eigenvalue weighted by atomic mass is 16.5. The molecule has 35 heavy (non-hydrogen) atoms. The van der Waals surface area contributed by atoms with Crippen molar-refractivity contribution in [2.75, 3.05) is 23.3 Å². The first-order valence-electron chi connectivity index (χ1n) is 11.6. The number of carbonyl (C=O) groups excluding carboxylic acids is 1. The lowest BCUT2D eigenvalue weighted by molar-refractivity contribution is -0.117. The highest BCUT2D eigenvalue weighted by Gasteiger charge is 2.27. The van der Waals surface area contributed by atoms with Gasteiger partial charge in [-0.05, 0) is 43.2 Å². The van der Waals surface area contributed by atoms with Crippen LogP contribution in [-0.2, 0) is 9.53 Å². The first kappa shape index (κ1) is 22.3. The Morgan fingerprint density at radius 1 is 0.943 bits per heavy atom. The van der Waals surface area contributed by atoms with Gasteiger partial charge in [0.15, 0.2) is 0 Å². The van der Waals surface area contributed by atoms with Crippen molar-refractivity contribution < 1.29 is 9.53 Å². The Balaban J connectivity index is 1.32. The van der Waals surface area contributed by atoms with Gasteiger partial charge in [0.2, 0.25) is 12.1 Å². The van der Waals surface area contributed by atoms with Gasteiger partial charge in [0.05, 0.1) is 11.4 Å². The Morgan fingerprint density at radius 3 is 2.37 bits per heavy atom. The fourth-order valence-corrected chi connectivity index (χ4v) is 4.29. The van der Waals surface area contributed by atoms with Crippen LogP contribution in [-0.4, -0.2) is 42.8 Å². The van der Waals surface area contributed by atoms with Gasteiger partial charge in [0.1, 0.15) is 0 Å². The van der Waals surface area contributed by atoms with Crippen LogP contribution in [0.15, 0.2) is 83.9 Å². The lowest BCUT2D eigenvalue weighted by atomic mass is 10.0. The maximum atomic E-state index is 12.9. The predicted octanol–water partition coefficient (Wildman–Crippen LogP) is 3.97. The molecule has 1 amide bonds. The molecule has 0 aliphatic carbocycles. The van der Waals surface area contributed by atoms with E-state index in [0.717, 1.165) is 29.9 Å². The minimum atomic E-state index is -1.10. The molecule has 0 radical (unpaired) electrons. The third kappa shape index (κ3) is 4.91. The van der Waals surface area contributed by atoms with E-state index in [2.05, 4.69) is 20.5 Å². The zero-order valence-corrected chi connectivity index (χ0v) is 19.1. The van der Waals surface area contributed by atoms with Crippen molar-refractivity contribution in [2.45, 2.75) is 19.0 Å². The summed E-state index contributed by atoms with van der Waals surface area (Å²) < 4.78 is 5.40. The molecule has 4 N–H and O–H groups in total. The van der Waals surface area contributed by atoms with Crippen molar-refractivity contribution in [3.05, 3.63) is 95.6 Å². The Morgan fingerprint density at radius 2 is 1.63 bits per heavy atom. The molecule has 0 aromatic heterocycles. The quantitative estimate of drug-likeness (QED) is 0.344. The van der Waals surface area contributed by atoms with Crippen LogP contribution in [0.5, 0.6) is 0 Å². The van der Waals surface area contributed by atoms with Gasteiger partial charge in [-0.1, -0.05) is 48.5 Å². The number of anilines is 2. The summed E-state index contributed by atoms with van der Waals surface area (Å²) in [6, 6.07) is 24.1. The van der Waals surface area contributed by atoms with Gasteiger partial charge in [-0.2, -0.15) is 0 Å². The van der Waals surface area contributed by atoms with Crippen LogP contribution < -0.4 is 15.5 Å². The summed E-state index contributed by atoms with van der Waals surface area (Å²) >= 11 is 0.